The Kier molecular flexibility index (Phi) is 5.19. The molecule has 1 amide bonds. The van der Waals surface area contributed by atoms with Gasteiger partial charge in [0.1, 0.15) is 0 Å². The van der Waals surface area contributed by atoms with Crippen molar-refractivity contribution in [3.63, 3.8) is 0 Å². The van der Waals surface area contributed by atoms with E-state index in [4.69, 9.17) is 23.2 Å². The summed E-state index contributed by atoms with van der Waals surface area (Å²) in [6.45, 7) is 1.65. The molecule has 23 heavy (non-hydrogen) atoms. The van der Waals surface area contributed by atoms with Gasteiger partial charge in [-0.15, -0.1) is 0 Å². The van der Waals surface area contributed by atoms with E-state index in [0.717, 1.165) is 6.26 Å². The number of carbonyl (C=O) groups excluding carboxylic acids is 1. The highest BCUT2D eigenvalue weighted by molar-refractivity contribution is 7.92. The van der Waals surface area contributed by atoms with E-state index in [1.54, 1.807) is 43.3 Å². The van der Waals surface area contributed by atoms with Crippen LogP contribution in [0.3, 0.4) is 0 Å². The van der Waals surface area contributed by atoms with Crippen molar-refractivity contribution in [3.8, 4) is 0 Å². The fourth-order valence-electron chi connectivity index (χ4n) is 1.98. The lowest BCUT2D eigenvalue weighted by atomic mass is 10.1. The molecule has 0 spiro atoms. The molecule has 5 nitrogen and oxygen atoms in total. The predicted octanol–water partition coefficient (Wildman–Crippen LogP) is 3.93. The molecule has 0 saturated carbocycles. The van der Waals surface area contributed by atoms with Crippen LogP contribution in [0.5, 0.6) is 0 Å². The van der Waals surface area contributed by atoms with Crippen molar-refractivity contribution in [1.29, 1.82) is 0 Å². The van der Waals surface area contributed by atoms with Crippen molar-refractivity contribution in [2.45, 2.75) is 6.92 Å². The number of hydrogen-bond donors (Lipinski definition) is 2. The van der Waals surface area contributed by atoms with Crippen molar-refractivity contribution < 1.29 is 13.2 Å². The Morgan fingerprint density at radius 1 is 1.04 bits per heavy atom. The molecule has 0 radical (unpaired) electrons. The number of rotatable bonds is 4. The van der Waals surface area contributed by atoms with E-state index in [1.807, 2.05) is 0 Å². The Balaban J connectivity index is 2.33. The maximum Gasteiger partial charge on any atom is 0.256 e. The van der Waals surface area contributed by atoms with Crippen LogP contribution in [0.4, 0.5) is 11.4 Å². The number of nitrogens with one attached hydrogen (secondary N) is 2. The summed E-state index contributed by atoms with van der Waals surface area (Å²) in [4.78, 5) is 12.4. The van der Waals surface area contributed by atoms with Gasteiger partial charge in [0.05, 0.1) is 27.7 Å². The molecule has 0 heterocycles. The van der Waals surface area contributed by atoms with Gasteiger partial charge >= 0.3 is 0 Å². The van der Waals surface area contributed by atoms with Crippen LogP contribution in [0, 0.1) is 6.92 Å². The maximum absolute atomic E-state index is 12.4. The van der Waals surface area contributed by atoms with Crippen molar-refractivity contribution in [3.05, 3.63) is 57.6 Å². The van der Waals surface area contributed by atoms with Crippen molar-refractivity contribution in [2.24, 2.45) is 0 Å². The van der Waals surface area contributed by atoms with Gasteiger partial charge in [-0.2, -0.15) is 0 Å². The number of halogens is 2. The van der Waals surface area contributed by atoms with Gasteiger partial charge in [-0.1, -0.05) is 35.3 Å². The fourth-order valence-corrected chi connectivity index (χ4v) is 2.95. The van der Waals surface area contributed by atoms with Gasteiger partial charge in [-0.05, 0) is 36.8 Å². The van der Waals surface area contributed by atoms with Crippen LogP contribution in [0.1, 0.15) is 15.9 Å². The Hall–Kier alpha value is -1.76. The van der Waals surface area contributed by atoms with Gasteiger partial charge in [0.15, 0.2) is 0 Å². The molecule has 0 aliphatic heterocycles. The predicted molar refractivity (Wildman–Crippen MR) is 94.1 cm³/mol. The van der Waals surface area contributed by atoms with E-state index < -0.39 is 15.9 Å². The molecule has 0 unspecified atom stereocenters. The number of amides is 1. The first-order valence-corrected chi connectivity index (χ1v) is 9.16. The minimum atomic E-state index is -3.43. The molecule has 0 aliphatic rings. The first-order valence-electron chi connectivity index (χ1n) is 6.52. The van der Waals surface area contributed by atoms with E-state index in [2.05, 4.69) is 10.0 Å². The average molecular weight is 373 g/mol. The smallest absolute Gasteiger partial charge is 0.256 e. The quantitative estimate of drug-likeness (QED) is 0.853. The van der Waals surface area contributed by atoms with Gasteiger partial charge in [-0.25, -0.2) is 8.42 Å². The molecule has 0 saturated heterocycles. The van der Waals surface area contributed by atoms with Gasteiger partial charge in [0.2, 0.25) is 10.0 Å². The Labute approximate surface area is 144 Å². The molecule has 8 heteroatoms. The van der Waals surface area contributed by atoms with E-state index in [0.29, 0.717) is 27.5 Å². The Morgan fingerprint density at radius 3 is 2.30 bits per heavy atom. The lowest BCUT2D eigenvalue weighted by Gasteiger charge is -2.13. The minimum absolute atomic E-state index is 0.241. The van der Waals surface area contributed by atoms with Crippen molar-refractivity contribution in [2.75, 3.05) is 16.3 Å². The summed E-state index contributed by atoms with van der Waals surface area (Å²) in [6, 6.07) is 9.67. The third kappa shape index (κ3) is 4.37. The van der Waals surface area contributed by atoms with Gasteiger partial charge < -0.3 is 5.32 Å². The van der Waals surface area contributed by atoms with Gasteiger partial charge in [-0.3, -0.25) is 9.52 Å². The number of carbonyl (C=O) groups is 1. The number of benzene rings is 2. The highest BCUT2D eigenvalue weighted by atomic mass is 35.5. The summed E-state index contributed by atoms with van der Waals surface area (Å²) in [5.41, 5.74) is 1.56. The highest BCUT2D eigenvalue weighted by Crippen LogP contribution is 2.30. The van der Waals surface area contributed by atoms with E-state index in [-0.39, 0.29) is 5.02 Å². The lowest BCUT2D eigenvalue weighted by Crippen LogP contribution is -2.16. The average Bonchev–Trinajstić information content (AvgIpc) is 2.44. The molecule has 2 rings (SSSR count). The summed E-state index contributed by atoms with van der Waals surface area (Å²) in [7, 11) is -3.43. The standard InChI is InChI=1S/C15H14Cl2N2O3S/c1-9-10(5-3-7-12(9)19-23(2,21)22)15(20)18-13-8-4-6-11(16)14(13)17/h3-8,19H,1-2H3,(H,18,20). The molecule has 0 bridgehead atoms. The summed E-state index contributed by atoms with van der Waals surface area (Å²) in [5.74, 6) is -0.413. The van der Waals surface area contributed by atoms with Gasteiger partial charge in [0.25, 0.3) is 5.91 Å². The summed E-state index contributed by atoms with van der Waals surface area (Å²) < 4.78 is 25.1. The van der Waals surface area contributed by atoms with E-state index in [1.165, 1.54) is 0 Å². The molecule has 0 fully saturated rings. The fraction of sp³-hybridized carbons (Fsp3) is 0.133. The zero-order valence-corrected chi connectivity index (χ0v) is 14.7. The molecule has 2 aromatic carbocycles. The Bertz CT molecular complexity index is 867. The van der Waals surface area contributed by atoms with Crippen LogP contribution >= 0.6 is 23.2 Å². The number of sulfonamides is 1. The molecule has 0 aliphatic carbocycles. The van der Waals surface area contributed by atoms with Gasteiger partial charge in [0, 0.05) is 5.56 Å². The van der Waals surface area contributed by atoms with Crippen LogP contribution in [-0.2, 0) is 10.0 Å². The highest BCUT2D eigenvalue weighted by Gasteiger charge is 2.15. The third-order valence-corrected chi connectivity index (χ3v) is 4.48. The zero-order chi connectivity index (χ0) is 17.2. The topological polar surface area (TPSA) is 75.3 Å². The maximum atomic E-state index is 12.4. The first-order chi connectivity index (χ1) is 10.7. The van der Waals surface area contributed by atoms with Crippen molar-refractivity contribution >= 4 is 50.5 Å². The minimum Gasteiger partial charge on any atom is -0.321 e. The number of hydrogen-bond acceptors (Lipinski definition) is 3. The van der Waals surface area contributed by atoms with Crippen molar-refractivity contribution in [1.82, 2.24) is 0 Å². The van der Waals surface area contributed by atoms with Crippen LogP contribution in [0.2, 0.25) is 10.0 Å². The van der Waals surface area contributed by atoms with Crippen LogP contribution < -0.4 is 10.0 Å². The second-order valence-corrected chi connectivity index (χ2v) is 7.44. The Morgan fingerprint density at radius 2 is 1.65 bits per heavy atom. The van der Waals surface area contributed by atoms with E-state index >= 15 is 0 Å². The third-order valence-electron chi connectivity index (χ3n) is 3.07. The van der Waals surface area contributed by atoms with Crippen LogP contribution in [0.25, 0.3) is 0 Å². The number of anilines is 2. The molecule has 2 N–H and O–H groups in total. The molecule has 2 aromatic rings. The monoisotopic (exact) mass is 372 g/mol. The normalized spacial score (nSPS) is 11.1. The molecular formula is C15H14Cl2N2O3S. The van der Waals surface area contributed by atoms with E-state index in [9.17, 15) is 13.2 Å². The summed E-state index contributed by atoms with van der Waals surface area (Å²) in [5, 5.41) is 3.23. The largest absolute Gasteiger partial charge is 0.321 e. The zero-order valence-electron chi connectivity index (χ0n) is 12.4. The van der Waals surface area contributed by atoms with Crippen LogP contribution in [-0.4, -0.2) is 20.6 Å². The summed E-state index contributed by atoms with van der Waals surface area (Å²) in [6.07, 6.45) is 1.05. The first kappa shape index (κ1) is 17.6. The second kappa shape index (κ2) is 6.78. The molecule has 0 aromatic heterocycles. The SMILES string of the molecule is Cc1c(NS(C)(=O)=O)cccc1C(=O)Nc1cccc(Cl)c1Cl. The molecule has 0 atom stereocenters. The molecular weight excluding hydrogens is 359 g/mol. The second-order valence-electron chi connectivity index (χ2n) is 4.91. The summed E-state index contributed by atoms with van der Waals surface area (Å²) >= 11 is 12.0. The molecule has 122 valence electrons. The van der Waals surface area contributed by atoms with Crippen LogP contribution in [0.15, 0.2) is 36.4 Å². The lowest BCUT2D eigenvalue weighted by molar-refractivity contribution is 0.102.